The van der Waals surface area contributed by atoms with Gasteiger partial charge in [0.05, 0.1) is 15.1 Å². The van der Waals surface area contributed by atoms with Crippen molar-refractivity contribution in [1.29, 1.82) is 0 Å². The molecule has 0 amide bonds. The third kappa shape index (κ3) is 1.61. The molecule has 0 aliphatic heterocycles. The number of thiazole rings is 1. The number of aryl methyl sites for hydroxylation is 1. The van der Waals surface area contributed by atoms with Crippen LogP contribution in [0, 0.1) is 6.92 Å². The van der Waals surface area contributed by atoms with Crippen LogP contribution >= 0.6 is 34.0 Å². The summed E-state index contributed by atoms with van der Waals surface area (Å²) < 4.78 is 4.03. The van der Waals surface area contributed by atoms with Crippen molar-refractivity contribution in [2.24, 2.45) is 0 Å². The van der Waals surface area contributed by atoms with Crippen LogP contribution in [0.5, 0.6) is 0 Å². The van der Waals surface area contributed by atoms with E-state index < -0.39 is 0 Å². The van der Waals surface area contributed by atoms with E-state index in [1.165, 1.54) is 23.9 Å². The predicted molar refractivity (Wildman–Crippen MR) is 83.1 cm³/mol. The maximum absolute atomic E-state index is 4.71. The van der Waals surface area contributed by atoms with Gasteiger partial charge in [-0.25, -0.2) is 4.98 Å². The average molecular weight is 287 g/mol. The molecule has 0 unspecified atom stereocenters. The zero-order chi connectivity index (χ0) is 12.1. The topological polar surface area (TPSA) is 12.9 Å². The SMILES string of the molecule is Cc1cc2sc(-c3nc4ccccc4s3)cc2s1. The van der Waals surface area contributed by atoms with Gasteiger partial charge in [0.25, 0.3) is 0 Å². The van der Waals surface area contributed by atoms with E-state index in [1.54, 1.807) is 11.3 Å². The molecule has 4 heteroatoms. The first-order valence-corrected chi connectivity index (χ1v) is 8.10. The molecule has 88 valence electrons. The number of benzene rings is 1. The van der Waals surface area contributed by atoms with Gasteiger partial charge in [-0.1, -0.05) is 12.1 Å². The van der Waals surface area contributed by atoms with Crippen molar-refractivity contribution in [3.05, 3.63) is 41.3 Å². The number of nitrogens with zero attached hydrogens (tertiary/aromatic N) is 1. The van der Waals surface area contributed by atoms with Crippen LogP contribution in [0.3, 0.4) is 0 Å². The number of para-hydroxylation sites is 1. The van der Waals surface area contributed by atoms with Crippen LogP contribution in [0.4, 0.5) is 0 Å². The van der Waals surface area contributed by atoms with E-state index >= 15 is 0 Å². The largest absolute Gasteiger partial charge is 0.235 e. The zero-order valence-corrected chi connectivity index (χ0v) is 12.1. The molecule has 18 heavy (non-hydrogen) atoms. The van der Waals surface area contributed by atoms with Gasteiger partial charge in [0.1, 0.15) is 5.01 Å². The fourth-order valence-corrected chi connectivity index (χ4v) is 5.37. The summed E-state index contributed by atoms with van der Waals surface area (Å²) in [5.74, 6) is 0. The molecule has 0 fully saturated rings. The van der Waals surface area contributed by atoms with Crippen LogP contribution in [0.2, 0.25) is 0 Å². The Morgan fingerprint density at radius 3 is 2.56 bits per heavy atom. The number of hydrogen-bond donors (Lipinski definition) is 0. The van der Waals surface area contributed by atoms with Gasteiger partial charge in [-0.05, 0) is 31.2 Å². The van der Waals surface area contributed by atoms with Crippen molar-refractivity contribution < 1.29 is 0 Å². The van der Waals surface area contributed by atoms with Crippen molar-refractivity contribution in [3.8, 4) is 9.88 Å². The van der Waals surface area contributed by atoms with Gasteiger partial charge in [-0.15, -0.1) is 34.0 Å². The van der Waals surface area contributed by atoms with Gasteiger partial charge >= 0.3 is 0 Å². The van der Waals surface area contributed by atoms with Crippen LogP contribution in [0.25, 0.3) is 29.5 Å². The summed E-state index contributed by atoms with van der Waals surface area (Å²) in [6.07, 6.45) is 0. The number of rotatable bonds is 1. The molecule has 3 heterocycles. The van der Waals surface area contributed by atoms with Gasteiger partial charge in [0.15, 0.2) is 0 Å². The summed E-state index contributed by atoms with van der Waals surface area (Å²) in [5.41, 5.74) is 1.10. The molecule has 0 aliphatic rings. The standard InChI is InChI=1S/C14H9NS3/c1-8-6-11-12(16-8)7-13(17-11)14-15-9-4-2-3-5-10(9)18-14/h2-7H,1H3. The molecule has 4 aromatic rings. The van der Waals surface area contributed by atoms with E-state index in [-0.39, 0.29) is 0 Å². The van der Waals surface area contributed by atoms with Gasteiger partial charge < -0.3 is 0 Å². The average Bonchev–Trinajstić information content (AvgIpc) is 2.98. The number of thiophene rings is 2. The summed E-state index contributed by atoms with van der Waals surface area (Å²) in [6, 6.07) is 12.9. The maximum Gasteiger partial charge on any atom is 0.134 e. The molecule has 4 rings (SSSR count). The molecule has 0 saturated carbocycles. The Hall–Kier alpha value is -1.23. The van der Waals surface area contributed by atoms with Crippen LogP contribution in [-0.2, 0) is 0 Å². The minimum Gasteiger partial charge on any atom is -0.235 e. The summed E-state index contributed by atoms with van der Waals surface area (Å²) in [7, 11) is 0. The quantitative estimate of drug-likeness (QED) is 0.447. The highest BCUT2D eigenvalue weighted by Gasteiger charge is 2.10. The minimum absolute atomic E-state index is 1.10. The Bertz CT molecular complexity index is 786. The van der Waals surface area contributed by atoms with Crippen LogP contribution in [-0.4, -0.2) is 4.98 Å². The van der Waals surface area contributed by atoms with E-state index in [1.807, 2.05) is 28.7 Å². The summed E-state index contributed by atoms with van der Waals surface area (Å²) in [6.45, 7) is 2.16. The van der Waals surface area contributed by atoms with Crippen molar-refractivity contribution in [2.75, 3.05) is 0 Å². The van der Waals surface area contributed by atoms with Crippen molar-refractivity contribution in [2.45, 2.75) is 6.92 Å². The Kier molecular flexibility index (Phi) is 2.30. The summed E-state index contributed by atoms with van der Waals surface area (Å²) >= 11 is 5.48. The zero-order valence-electron chi connectivity index (χ0n) is 9.64. The Balaban J connectivity index is 1.92. The van der Waals surface area contributed by atoms with Crippen LogP contribution in [0.15, 0.2) is 36.4 Å². The summed E-state index contributed by atoms with van der Waals surface area (Å²) in [5, 5.41) is 1.14. The normalized spacial score (nSPS) is 11.6. The molecule has 1 nitrogen and oxygen atoms in total. The van der Waals surface area contributed by atoms with E-state index in [9.17, 15) is 0 Å². The molecule has 0 atom stereocenters. The highest BCUT2D eigenvalue weighted by atomic mass is 32.1. The van der Waals surface area contributed by atoms with Gasteiger partial charge in [0, 0.05) is 14.3 Å². The van der Waals surface area contributed by atoms with Crippen LogP contribution in [0.1, 0.15) is 4.88 Å². The molecule has 1 aromatic carbocycles. The fourth-order valence-electron chi connectivity index (χ4n) is 2.04. The molecule has 0 radical (unpaired) electrons. The van der Waals surface area contributed by atoms with Crippen molar-refractivity contribution in [1.82, 2.24) is 4.98 Å². The van der Waals surface area contributed by atoms with Gasteiger partial charge in [-0.2, -0.15) is 0 Å². The predicted octanol–water partition coefficient (Wildman–Crippen LogP) is 5.55. The first kappa shape index (κ1) is 10.7. The Morgan fingerprint density at radius 2 is 1.72 bits per heavy atom. The fraction of sp³-hybridized carbons (Fsp3) is 0.0714. The monoisotopic (exact) mass is 287 g/mol. The highest BCUT2D eigenvalue weighted by Crippen LogP contribution is 2.40. The van der Waals surface area contributed by atoms with E-state index in [4.69, 9.17) is 4.98 Å². The molecule has 0 saturated heterocycles. The third-order valence-electron chi connectivity index (χ3n) is 2.83. The summed E-state index contributed by atoms with van der Waals surface area (Å²) in [4.78, 5) is 7.38. The lowest BCUT2D eigenvalue weighted by atomic mass is 10.3. The second-order valence-corrected chi connectivity index (χ2v) is 7.59. The molecular formula is C14H9NS3. The lowest BCUT2D eigenvalue weighted by Crippen LogP contribution is -1.67. The third-order valence-corrected chi connectivity index (χ3v) is 6.25. The minimum atomic E-state index is 1.10. The second-order valence-electron chi connectivity index (χ2n) is 4.18. The smallest absolute Gasteiger partial charge is 0.134 e. The molecule has 0 bridgehead atoms. The molecular weight excluding hydrogens is 278 g/mol. The lowest BCUT2D eigenvalue weighted by molar-refractivity contribution is 1.50. The van der Waals surface area contributed by atoms with Gasteiger partial charge in [0.2, 0.25) is 0 Å². The van der Waals surface area contributed by atoms with E-state index in [2.05, 4.69) is 37.3 Å². The number of fused-ring (bicyclic) bond motifs is 2. The van der Waals surface area contributed by atoms with Gasteiger partial charge in [-0.3, -0.25) is 0 Å². The van der Waals surface area contributed by atoms with Crippen molar-refractivity contribution in [3.63, 3.8) is 0 Å². The molecule has 3 aromatic heterocycles. The Morgan fingerprint density at radius 1 is 0.889 bits per heavy atom. The second kappa shape index (κ2) is 3.88. The number of hydrogen-bond acceptors (Lipinski definition) is 4. The van der Waals surface area contributed by atoms with E-state index in [0.29, 0.717) is 0 Å². The highest BCUT2D eigenvalue weighted by molar-refractivity contribution is 7.31. The van der Waals surface area contributed by atoms with E-state index in [0.717, 1.165) is 10.5 Å². The maximum atomic E-state index is 4.71. The molecule has 0 N–H and O–H groups in total. The lowest BCUT2D eigenvalue weighted by Gasteiger charge is -1.85. The van der Waals surface area contributed by atoms with Crippen LogP contribution < -0.4 is 0 Å². The first-order chi connectivity index (χ1) is 8.79. The molecule has 0 aliphatic carbocycles. The number of aromatic nitrogens is 1. The van der Waals surface area contributed by atoms with Crippen molar-refractivity contribution >= 4 is 53.6 Å². The Labute approximate surface area is 116 Å². The molecule has 0 spiro atoms. The first-order valence-electron chi connectivity index (χ1n) is 5.65.